The predicted molar refractivity (Wildman–Crippen MR) is 85.9 cm³/mol. The summed E-state index contributed by atoms with van der Waals surface area (Å²) in [5.41, 5.74) is 3.98. The lowest BCUT2D eigenvalue weighted by atomic mass is 9.98. The molecule has 0 aliphatic carbocycles. The molecule has 21 heavy (non-hydrogen) atoms. The first-order valence-corrected chi connectivity index (χ1v) is 7.47. The normalized spacial score (nSPS) is 12.2. The lowest BCUT2D eigenvalue weighted by Gasteiger charge is -2.19. The molecule has 0 saturated carbocycles. The standard InChI is InChI=1S/C15H15BrClFN2O/c1-21-13-5-3-2-4-9(13)8-12(20-19)10-6-7-11(16)14(17)15(10)18/h2-7,12,20H,8,19H2,1H3. The van der Waals surface area contributed by atoms with E-state index in [0.717, 1.165) is 11.3 Å². The third-order valence-electron chi connectivity index (χ3n) is 3.26. The van der Waals surface area contributed by atoms with Crippen LogP contribution in [-0.2, 0) is 6.42 Å². The Morgan fingerprint density at radius 1 is 1.33 bits per heavy atom. The Labute approximate surface area is 136 Å². The van der Waals surface area contributed by atoms with Crippen molar-refractivity contribution < 1.29 is 9.13 Å². The van der Waals surface area contributed by atoms with Crippen molar-refractivity contribution in [1.82, 2.24) is 5.43 Å². The molecule has 0 saturated heterocycles. The Bertz CT molecular complexity index is 639. The number of hydrazine groups is 1. The molecule has 1 unspecified atom stereocenters. The first kappa shape index (κ1) is 16.2. The SMILES string of the molecule is COc1ccccc1CC(NN)c1ccc(Br)c(Cl)c1F. The molecule has 2 aromatic rings. The fraction of sp³-hybridized carbons (Fsp3) is 0.200. The van der Waals surface area contributed by atoms with E-state index in [9.17, 15) is 4.39 Å². The molecule has 0 aromatic heterocycles. The Kier molecular flexibility index (Phi) is 5.58. The van der Waals surface area contributed by atoms with E-state index in [1.807, 2.05) is 24.3 Å². The summed E-state index contributed by atoms with van der Waals surface area (Å²) < 4.78 is 20.1. The molecular formula is C15H15BrClFN2O. The number of benzene rings is 2. The molecule has 0 fully saturated rings. The molecule has 2 aromatic carbocycles. The molecule has 0 spiro atoms. The van der Waals surface area contributed by atoms with Gasteiger partial charge in [-0.25, -0.2) is 4.39 Å². The van der Waals surface area contributed by atoms with E-state index in [4.69, 9.17) is 22.2 Å². The van der Waals surface area contributed by atoms with Crippen LogP contribution in [0.1, 0.15) is 17.2 Å². The van der Waals surface area contributed by atoms with E-state index in [1.165, 1.54) is 0 Å². The first-order chi connectivity index (χ1) is 10.1. The predicted octanol–water partition coefficient (Wildman–Crippen LogP) is 4.00. The van der Waals surface area contributed by atoms with Gasteiger partial charge in [-0.3, -0.25) is 11.3 Å². The summed E-state index contributed by atoms with van der Waals surface area (Å²) in [5, 5.41) is 0.0489. The zero-order valence-corrected chi connectivity index (χ0v) is 13.7. The molecule has 6 heteroatoms. The minimum Gasteiger partial charge on any atom is -0.496 e. The molecule has 3 N–H and O–H groups in total. The quantitative estimate of drug-likeness (QED) is 0.473. The fourth-order valence-electron chi connectivity index (χ4n) is 2.16. The maximum atomic E-state index is 14.3. The third kappa shape index (κ3) is 3.55. The molecule has 0 heterocycles. The highest BCUT2D eigenvalue weighted by Gasteiger charge is 2.19. The maximum Gasteiger partial charge on any atom is 0.147 e. The molecule has 1 atom stereocenters. The van der Waals surface area contributed by atoms with Gasteiger partial charge in [-0.1, -0.05) is 35.9 Å². The molecule has 0 radical (unpaired) electrons. The van der Waals surface area contributed by atoms with Crippen molar-refractivity contribution in [2.75, 3.05) is 7.11 Å². The largest absolute Gasteiger partial charge is 0.496 e. The minimum absolute atomic E-state index is 0.0489. The van der Waals surface area contributed by atoms with Crippen LogP contribution in [0.25, 0.3) is 0 Å². The Morgan fingerprint density at radius 3 is 2.71 bits per heavy atom. The number of methoxy groups -OCH3 is 1. The Balaban J connectivity index is 2.35. The third-order valence-corrected chi connectivity index (χ3v) is 4.52. The number of nitrogens with one attached hydrogen (secondary N) is 1. The number of nitrogens with two attached hydrogens (primary N) is 1. The topological polar surface area (TPSA) is 47.3 Å². The van der Waals surface area contributed by atoms with Gasteiger partial charge in [-0.2, -0.15) is 0 Å². The average Bonchev–Trinajstić information content (AvgIpc) is 2.51. The van der Waals surface area contributed by atoms with Gasteiger partial charge >= 0.3 is 0 Å². The van der Waals surface area contributed by atoms with Crippen molar-refractivity contribution >= 4 is 27.5 Å². The van der Waals surface area contributed by atoms with Crippen LogP contribution in [-0.4, -0.2) is 7.11 Å². The number of para-hydroxylation sites is 1. The van der Waals surface area contributed by atoms with Crippen LogP contribution in [0.5, 0.6) is 5.75 Å². The van der Waals surface area contributed by atoms with Gasteiger partial charge in [0.25, 0.3) is 0 Å². The average molecular weight is 374 g/mol. The van der Waals surface area contributed by atoms with Gasteiger partial charge < -0.3 is 4.74 Å². The Hall–Kier alpha value is -1.14. The summed E-state index contributed by atoms with van der Waals surface area (Å²) in [6.07, 6.45) is 0.482. The van der Waals surface area contributed by atoms with Crippen molar-refractivity contribution in [2.24, 2.45) is 5.84 Å². The van der Waals surface area contributed by atoms with E-state index in [2.05, 4.69) is 21.4 Å². The van der Waals surface area contributed by atoms with Crippen LogP contribution in [0, 0.1) is 5.82 Å². The van der Waals surface area contributed by atoms with Crippen LogP contribution in [0.4, 0.5) is 4.39 Å². The fourth-order valence-corrected chi connectivity index (χ4v) is 2.64. The maximum absolute atomic E-state index is 14.3. The number of rotatable bonds is 5. The monoisotopic (exact) mass is 372 g/mol. The zero-order chi connectivity index (χ0) is 15.4. The summed E-state index contributed by atoms with van der Waals surface area (Å²) >= 11 is 9.13. The Morgan fingerprint density at radius 2 is 2.05 bits per heavy atom. The van der Waals surface area contributed by atoms with Crippen molar-refractivity contribution in [1.29, 1.82) is 0 Å². The lowest BCUT2D eigenvalue weighted by Crippen LogP contribution is -2.30. The van der Waals surface area contributed by atoms with Crippen LogP contribution >= 0.6 is 27.5 Å². The summed E-state index contributed by atoms with van der Waals surface area (Å²) in [7, 11) is 1.60. The number of halogens is 3. The van der Waals surface area contributed by atoms with E-state index >= 15 is 0 Å². The second-order valence-electron chi connectivity index (χ2n) is 4.50. The smallest absolute Gasteiger partial charge is 0.147 e. The molecule has 0 aliphatic rings. The highest BCUT2D eigenvalue weighted by molar-refractivity contribution is 9.10. The van der Waals surface area contributed by atoms with Crippen molar-refractivity contribution in [3.8, 4) is 5.75 Å². The van der Waals surface area contributed by atoms with E-state index in [1.54, 1.807) is 19.2 Å². The van der Waals surface area contributed by atoms with Crippen LogP contribution in [0.15, 0.2) is 40.9 Å². The van der Waals surface area contributed by atoms with Crippen molar-refractivity contribution in [3.05, 3.63) is 62.8 Å². The van der Waals surface area contributed by atoms with Gasteiger partial charge in [0.05, 0.1) is 18.2 Å². The summed E-state index contributed by atoms with van der Waals surface area (Å²) in [6.45, 7) is 0. The second kappa shape index (κ2) is 7.22. The van der Waals surface area contributed by atoms with Gasteiger partial charge in [0, 0.05) is 10.0 Å². The van der Waals surface area contributed by atoms with E-state index in [-0.39, 0.29) is 5.02 Å². The molecule has 0 amide bonds. The van der Waals surface area contributed by atoms with Gasteiger partial charge in [0.15, 0.2) is 0 Å². The first-order valence-electron chi connectivity index (χ1n) is 6.30. The number of hydrogen-bond acceptors (Lipinski definition) is 3. The van der Waals surface area contributed by atoms with Crippen molar-refractivity contribution in [3.63, 3.8) is 0 Å². The minimum atomic E-state index is -0.483. The highest BCUT2D eigenvalue weighted by atomic mass is 79.9. The summed E-state index contributed by atoms with van der Waals surface area (Å²) in [5.74, 6) is 5.84. The van der Waals surface area contributed by atoms with Crippen molar-refractivity contribution in [2.45, 2.75) is 12.5 Å². The van der Waals surface area contributed by atoms with Gasteiger partial charge in [0.2, 0.25) is 0 Å². The van der Waals surface area contributed by atoms with E-state index < -0.39 is 11.9 Å². The molecule has 2 rings (SSSR count). The molecule has 112 valence electrons. The molecule has 3 nitrogen and oxygen atoms in total. The van der Waals surface area contributed by atoms with E-state index in [0.29, 0.717) is 16.5 Å². The number of ether oxygens (including phenoxy) is 1. The molecule has 0 bridgehead atoms. The molecular weight excluding hydrogens is 359 g/mol. The van der Waals surface area contributed by atoms with Crippen LogP contribution in [0.3, 0.4) is 0 Å². The second-order valence-corrected chi connectivity index (χ2v) is 5.73. The van der Waals surface area contributed by atoms with Gasteiger partial charge in [0.1, 0.15) is 11.6 Å². The highest BCUT2D eigenvalue weighted by Crippen LogP contribution is 2.32. The number of hydrogen-bond donors (Lipinski definition) is 2. The summed E-state index contributed by atoms with van der Waals surface area (Å²) in [6, 6.07) is 10.5. The van der Waals surface area contributed by atoms with Gasteiger partial charge in [-0.15, -0.1) is 0 Å². The summed E-state index contributed by atoms with van der Waals surface area (Å²) in [4.78, 5) is 0. The lowest BCUT2D eigenvalue weighted by molar-refractivity contribution is 0.404. The van der Waals surface area contributed by atoms with Crippen LogP contribution in [0.2, 0.25) is 5.02 Å². The zero-order valence-electron chi connectivity index (χ0n) is 11.4. The molecule has 0 aliphatic heterocycles. The van der Waals surface area contributed by atoms with Gasteiger partial charge in [-0.05, 0) is 40.0 Å². The van der Waals surface area contributed by atoms with Crippen LogP contribution < -0.4 is 16.0 Å².